The van der Waals surface area contributed by atoms with Crippen molar-refractivity contribution >= 4 is 51.2 Å². The lowest BCUT2D eigenvalue weighted by Gasteiger charge is -2.08. The van der Waals surface area contributed by atoms with Gasteiger partial charge in [0.15, 0.2) is 5.58 Å². The van der Waals surface area contributed by atoms with Gasteiger partial charge in [-0.1, -0.05) is 23.7 Å². The summed E-state index contributed by atoms with van der Waals surface area (Å²) in [5.41, 5.74) is 6.37. The Hall–Kier alpha value is -2.38. The van der Waals surface area contributed by atoms with Crippen molar-refractivity contribution in [3.05, 3.63) is 85.4 Å². The fraction of sp³-hybridized carbons (Fsp3) is 0.130. The summed E-state index contributed by atoms with van der Waals surface area (Å²) in [4.78, 5) is 17.0. The van der Waals surface area contributed by atoms with Gasteiger partial charge in [0.05, 0.1) is 10.6 Å². The van der Waals surface area contributed by atoms with Crippen molar-refractivity contribution in [3.8, 4) is 11.5 Å². The van der Waals surface area contributed by atoms with Gasteiger partial charge in [-0.05, 0) is 95.6 Å². The van der Waals surface area contributed by atoms with Gasteiger partial charge in [0.1, 0.15) is 5.52 Å². The molecule has 0 aliphatic carbocycles. The Bertz CT molecular complexity index is 1180. The molecule has 0 unspecified atom stereocenters. The van der Waals surface area contributed by atoms with Crippen LogP contribution in [0.3, 0.4) is 0 Å². The maximum atomic E-state index is 12.4. The summed E-state index contributed by atoms with van der Waals surface area (Å²) in [6.45, 7) is 4.53. The standard InChI is InChI=1S/C23H18ClIN2O2/c1-13-9-20-21(10-14(13)2)29-23(27-20)16-5-3-15(4-6-16)12-26-22(28)18-11-17(25)7-8-19(18)24/h3-11H,12H2,1-2H3,(H,26,28). The average molecular weight is 517 g/mol. The topological polar surface area (TPSA) is 55.1 Å². The van der Waals surface area contributed by atoms with E-state index in [1.807, 2.05) is 42.5 Å². The molecule has 146 valence electrons. The summed E-state index contributed by atoms with van der Waals surface area (Å²) in [5, 5.41) is 3.35. The van der Waals surface area contributed by atoms with Crippen LogP contribution in [0.2, 0.25) is 5.02 Å². The highest BCUT2D eigenvalue weighted by Crippen LogP contribution is 2.26. The molecule has 0 bridgehead atoms. The van der Waals surface area contributed by atoms with Gasteiger partial charge in [0.2, 0.25) is 5.89 Å². The molecule has 0 aliphatic heterocycles. The van der Waals surface area contributed by atoms with Crippen molar-refractivity contribution in [2.75, 3.05) is 0 Å². The maximum absolute atomic E-state index is 12.4. The SMILES string of the molecule is Cc1cc2nc(-c3ccc(CNC(=O)c4cc(I)ccc4Cl)cc3)oc2cc1C. The lowest BCUT2D eigenvalue weighted by atomic mass is 10.1. The van der Waals surface area contributed by atoms with Crippen LogP contribution in [0.1, 0.15) is 27.0 Å². The van der Waals surface area contributed by atoms with E-state index in [0.717, 1.165) is 25.8 Å². The number of aromatic nitrogens is 1. The molecular weight excluding hydrogens is 499 g/mol. The molecule has 3 aromatic carbocycles. The van der Waals surface area contributed by atoms with Gasteiger partial charge >= 0.3 is 0 Å². The maximum Gasteiger partial charge on any atom is 0.253 e. The number of amides is 1. The predicted molar refractivity (Wildman–Crippen MR) is 124 cm³/mol. The zero-order valence-corrected chi connectivity index (χ0v) is 18.8. The molecule has 1 aromatic heterocycles. The van der Waals surface area contributed by atoms with E-state index in [4.69, 9.17) is 16.0 Å². The molecule has 0 atom stereocenters. The van der Waals surface area contributed by atoms with E-state index in [0.29, 0.717) is 23.0 Å². The third kappa shape index (κ3) is 4.31. The van der Waals surface area contributed by atoms with Crippen LogP contribution < -0.4 is 5.32 Å². The van der Waals surface area contributed by atoms with Crippen molar-refractivity contribution in [2.45, 2.75) is 20.4 Å². The first kappa shape index (κ1) is 19.9. The normalized spacial score (nSPS) is 11.0. The summed E-state index contributed by atoms with van der Waals surface area (Å²) in [5.74, 6) is 0.397. The van der Waals surface area contributed by atoms with Crippen molar-refractivity contribution in [1.29, 1.82) is 0 Å². The Kier molecular flexibility index (Phi) is 5.61. The number of hydrogen-bond donors (Lipinski definition) is 1. The minimum atomic E-state index is -0.192. The second-order valence-electron chi connectivity index (χ2n) is 6.93. The highest BCUT2D eigenvalue weighted by atomic mass is 127. The van der Waals surface area contributed by atoms with Crippen LogP contribution in [0.15, 0.2) is 59.0 Å². The van der Waals surface area contributed by atoms with Gasteiger partial charge in [-0.2, -0.15) is 0 Å². The Morgan fingerprint density at radius 1 is 1.07 bits per heavy atom. The van der Waals surface area contributed by atoms with E-state index < -0.39 is 0 Å². The monoisotopic (exact) mass is 516 g/mol. The first-order valence-corrected chi connectivity index (χ1v) is 10.6. The molecule has 4 rings (SSSR count). The molecule has 29 heavy (non-hydrogen) atoms. The van der Waals surface area contributed by atoms with Crippen LogP contribution in [0, 0.1) is 17.4 Å². The van der Waals surface area contributed by atoms with E-state index in [9.17, 15) is 4.79 Å². The molecule has 0 spiro atoms. The molecule has 6 heteroatoms. The number of nitrogens with one attached hydrogen (secondary N) is 1. The molecule has 0 saturated carbocycles. The molecule has 1 N–H and O–H groups in total. The molecular formula is C23H18ClIN2O2. The van der Waals surface area contributed by atoms with E-state index in [-0.39, 0.29) is 5.91 Å². The van der Waals surface area contributed by atoms with Crippen molar-refractivity contribution < 1.29 is 9.21 Å². The van der Waals surface area contributed by atoms with E-state index in [1.54, 1.807) is 12.1 Å². The van der Waals surface area contributed by atoms with Crippen LogP contribution in [0.4, 0.5) is 0 Å². The zero-order chi connectivity index (χ0) is 20.5. The van der Waals surface area contributed by atoms with Gasteiger partial charge in [-0.25, -0.2) is 4.98 Å². The number of carbonyl (C=O) groups is 1. The van der Waals surface area contributed by atoms with Crippen molar-refractivity contribution in [1.82, 2.24) is 10.3 Å². The van der Waals surface area contributed by atoms with E-state index in [2.05, 4.69) is 46.7 Å². The highest BCUT2D eigenvalue weighted by Gasteiger charge is 2.12. The third-order valence-corrected chi connectivity index (χ3v) is 5.83. The molecule has 4 nitrogen and oxygen atoms in total. The first-order valence-electron chi connectivity index (χ1n) is 9.11. The number of halogens is 2. The quantitative estimate of drug-likeness (QED) is 0.324. The average Bonchev–Trinajstić information content (AvgIpc) is 3.11. The number of aryl methyl sites for hydroxylation is 2. The van der Waals surface area contributed by atoms with Crippen LogP contribution in [-0.4, -0.2) is 10.9 Å². The summed E-state index contributed by atoms with van der Waals surface area (Å²) in [6.07, 6.45) is 0. The van der Waals surface area contributed by atoms with Gasteiger partial charge in [-0.3, -0.25) is 4.79 Å². The van der Waals surface area contributed by atoms with Gasteiger partial charge in [0, 0.05) is 15.7 Å². The Morgan fingerprint density at radius 3 is 2.55 bits per heavy atom. The Balaban J connectivity index is 1.48. The summed E-state index contributed by atoms with van der Waals surface area (Å²) in [7, 11) is 0. The number of fused-ring (bicyclic) bond motifs is 1. The van der Waals surface area contributed by atoms with Gasteiger partial charge in [0.25, 0.3) is 5.91 Å². The fourth-order valence-electron chi connectivity index (χ4n) is 3.02. The van der Waals surface area contributed by atoms with Crippen molar-refractivity contribution in [2.24, 2.45) is 0 Å². The predicted octanol–water partition coefficient (Wildman–Crippen LogP) is 6.30. The smallest absolute Gasteiger partial charge is 0.253 e. The molecule has 1 heterocycles. The van der Waals surface area contributed by atoms with Gasteiger partial charge in [-0.15, -0.1) is 0 Å². The third-order valence-electron chi connectivity index (χ3n) is 4.83. The largest absolute Gasteiger partial charge is 0.436 e. The summed E-state index contributed by atoms with van der Waals surface area (Å²) < 4.78 is 6.88. The molecule has 0 saturated heterocycles. The number of oxazole rings is 1. The zero-order valence-electron chi connectivity index (χ0n) is 15.9. The fourth-order valence-corrected chi connectivity index (χ4v) is 3.71. The second kappa shape index (κ2) is 8.16. The summed E-state index contributed by atoms with van der Waals surface area (Å²) in [6, 6.07) is 17.2. The lowest BCUT2D eigenvalue weighted by molar-refractivity contribution is 0.0951. The van der Waals surface area contributed by atoms with E-state index in [1.165, 1.54) is 11.1 Å². The van der Waals surface area contributed by atoms with Gasteiger partial charge < -0.3 is 9.73 Å². The number of rotatable bonds is 4. The van der Waals surface area contributed by atoms with Crippen LogP contribution >= 0.6 is 34.2 Å². The Labute approximate surface area is 187 Å². The molecule has 1 amide bonds. The summed E-state index contributed by atoms with van der Waals surface area (Å²) >= 11 is 8.29. The van der Waals surface area contributed by atoms with E-state index >= 15 is 0 Å². The Morgan fingerprint density at radius 2 is 1.79 bits per heavy atom. The van der Waals surface area contributed by atoms with Crippen molar-refractivity contribution in [3.63, 3.8) is 0 Å². The second-order valence-corrected chi connectivity index (χ2v) is 8.58. The number of benzene rings is 3. The number of nitrogens with zero attached hydrogens (tertiary/aromatic N) is 1. The molecule has 4 aromatic rings. The number of carbonyl (C=O) groups excluding carboxylic acids is 1. The molecule has 0 fully saturated rings. The molecule has 0 radical (unpaired) electrons. The minimum Gasteiger partial charge on any atom is -0.436 e. The first-order chi connectivity index (χ1) is 13.9. The minimum absolute atomic E-state index is 0.192. The molecule has 0 aliphatic rings. The highest BCUT2D eigenvalue weighted by molar-refractivity contribution is 14.1. The number of hydrogen-bond acceptors (Lipinski definition) is 3. The van der Waals surface area contributed by atoms with Crippen LogP contribution in [0.25, 0.3) is 22.6 Å². The van der Waals surface area contributed by atoms with Crippen LogP contribution in [0.5, 0.6) is 0 Å². The lowest BCUT2D eigenvalue weighted by Crippen LogP contribution is -2.23. The van der Waals surface area contributed by atoms with Crippen LogP contribution in [-0.2, 0) is 6.54 Å².